The molecule has 3 aromatic rings. The molecule has 1 aliphatic rings. The van der Waals surface area contributed by atoms with Crippen LogP contribution < -0.4 is 5.32 Å². The molecule has 2 N–H and O–H groups in total. The summed E-state index contributed by atoms with van der Waals surface area (Å²) in [5.74, 6) is 0.0484. The fourth-order valence-corrected chi connectivity index (χ4v) is 4.33. The molecule has 1 aromatic heterocycles. The molecule has 25 heavy (non-hydrogen) atoms. The molecule has 4 rings (SSSR count). The van der Waals surface area contributed by atoms with Crippen LogP contribution in [0, 0.1) is 5.41 Å². The smallest absolute Gasteiger partial charge is 0.233 e. The highest BCUT2D eigenvalue weighted by Crippen LogP contribution is 2.51. The lowest BCUT2D eigenvalue weighted by Crippen LogP contribution is -2.37. The van der Waals surface area contributed by atoms with Gasteiger partial charge in [0.2, 0.25) is 5.91 Å². The Labute approximate surface area is 150 Å². The van der Waals surface area contributed by atoms with Crippen molar-refractivity contribution in [2.75, 3.05) is 5.32 Å². The molecule has 1 aliphatic carbocycles. The molecule has 1 amide bonds. The first kappa shape index (κ1) is 15.8. The molecule has 0 spiro atoms. The molecule has 0 radical (unpaired) electrons. The minimum atomic E-state index is -0.650. The Kier molecular flexibility index (Phi) is 3.81. The van der Waals surface area contributed by atoms with Gasteiger partial charge in [-0.05, 0) is 42.2 Å². The Hall–Kier alpha value is -2.66. The van der Waals surface area contributed by atoms with E-state index in [0.29, 0.717) is 11.6 Å². The summed E-state index contributed by atoms with van der Waals surface area (Å²) in [4.78, 5) is 17.3. The van der Waals surface area contributed by atoms with Crippen LogP contribution in [0.15, 0.2) is 60.1 Å². The number of thiazole rings is 1. The largest absolute Gasteiger partial charge is 0.508 e. The van der Waals surface area contributed by atoms with Gasteiger partial charge in [-0.2, -0.15) is 0 Å². The summed E-state index contributed by atoms with van der Waals surface area (Å²) in [7, 11) is 0. The number of nitrogens with one attached hydrogen (secondary N) is 1. The average molecular weight is 350 g/mol. The number of hydrogen-bond donors (Lipinski definition) is 2. The molecule has 2 atom stereocenters. The molecule has 2 aromatic carbocycles. The van der Waals surface area contributed by atoms with Crippen molar-refractivity contribution in [2.45, 2.75) is 19.3 Å². The van der Waals surface area contributed by atoms with E-state index >= 15 is 0 Å². The van der Waals surface area contributed by atoms with Crippen molar-refractivity contribution >= 4 is 22.4 Å². The summed E-state index contributed by atoms with van der Waals surface area (Å²) in [6.45, 7) is 1.99. The lowest BCUT2D eigenvalue weighted by Gasteiger charge is -2.31. The molecular formula is C20H18N2O2S. The number of carbonyl (C=O) groups is 1. The fraction of sp³-hybridized carbons (Fsp3) is 0.200. The monoisotopic (exact) mass is 350 g/mol. The van der Waals surface area contributed by atoms with E-state index in [-0.39, 0.29) is 17.6 Å². The minimum absolute atomic E-state index is 0.0491. The number of rotatable bonds is 3. The number of phenolic OH excluding ortho intramolecular Hbond substituents is 1. The van der Waals surface area contributed by atoms with Crippen molar-refractivity contribution in [1.29, 1.82) is 0 Å². The summed E-state index contributed by atoms with van der Waals surface area (Å²) in [5.41, 5.74) is 2.61. The predicted molar refractivity (Wildman–Crippen MR) is 98.9 cm³/mol. The number of nitrogens with zero attached hydrogens (tertiary/aromatic N) is 1. The van der Waals surface area contributed by atoms with Gasteiger partial charge in [-0.25, -0.2) is 4.98 Å². The van der Waals surface area contributed by atoms with E-state index < -0.39 is 5.41 Å². The van der Waals surface area contributed by atoms with Crippen LogP contribution in [-0.4, -0.2) is 16.0 Å². The van der Waals surface area contributed by atoms with Gasteiger partial charge in [0, 0.05) is 17.5 Å². The Morgan fingerprint density at radius 2 is 2.12 bits per heavy atom. The lowest BCUT2D eigenvalue weighted by atomic mass is 9.73. The van der Waals surface area contributed by atoms with Crippen LogP contribution in [0.5, 0.6) is 5.75 Å². The standard InChI is InChI=1S/C20H18N2O2S/c1-20(18(24)22-19-21-9-10-25-19)12-14-5-2-3-8-16(14)17(20)13-6-4-7-15(23)11-13/h2-11,17,23H,12H2,1H3,(H,21,22,24)/t17-,20+/m0/s1. The third-order valence-corrected chi connectivity index (χ3v) is 5.62. The second-order valence-corrected chi connectivity index (χ2v) is 7.51. The normalized spacial score (nSPS) is 21.7. The molecule has 0 saturated carbocycles. The number of hydrogen-bond acceptors (Lipinski definition) is 4. The maximum absolute atomic E-state index is 13.2. The maximum atomic E-state index is 13.2. The number of aromatic nitrogens is 1. The van der Waals surface area contributed by atoms with Crippen LogP contribution in [0.2, 0.25) is 0 Å². The predicted octanol–water partition coefficient (Wildman–Crippen LogP) is 4.18. The third-order valence-electron chi connectivity index (χ3n) is 4.94. The highest BCUT2D eigenvalue weighted by Gasteiger charge is 2.48. The third kappa shape index (κ3) is 2.70. The fourth-order valence-electron chi connectivity index (χ4n) is 3.81. The van der Waals surface area contributed by atoms with Crippen molar-refractivity contribution in [3.05, 3.63) is 76.8 Å². The van der Waals surface area contributed by atoms with Crippen molar-refractivity contribution in [2.24, 2.45) is 5.41 Å². The zero-order chi connectivity index (χ0) is 17.4. The summed E-state index contributed by atoms with van der Waals surface area (Å²) >= 11 is 1.41. The van der Waals surface area contributed by atoms with E-state index in [1.165, 1.54) is 16.9 Å². The van der Waals surface area contributed by atoms with Gasteiger partial charge in [0.15, 0.2) is 5.13 Å². The number of benzene rings is 2. The number of anilines is 1. The first-order valence-corrected chi connectivity index (χ1v) is 9.03. The zero-order valence-corrected chi connectivity index (χ0v) is 14.6. The first-order valence-electron chi connectivity index (χ1n) is 8.15. The Balaban J connectivity index is 1.79. The number of phenols is 1. The van der Waals surface area contributed by atoms with Crippen molar-refractivity contribution in [1.82, 2.24) is 4.98 Å². The van der Waals surface area contributed by atoms with E-state index in [1.807, 2.05) is 36.6 Å². The first-order chi connectivity index (χ1) is 12.1. The molecule has 126 valence electrons. The van der Waals surface area contributed by atoms with Gasteiger partial charge < -0.3 is 10.4 Å². The lowest BCUT2D eigenvalue weighted by molar-refractivity contribution is -0.125. The van der Waals surface area contributed by atoms with Gasteiger partial charge in [-0.3, -0.25) is 4.79 Å². The highest BCUT2D eigenvalue weighted by atomic mass is 32.1. The van der Waals surface area contributed by atoms with Crippen LogP contribution in [0.4, 0.5) is 5.13 Å². The van der Waals surface area contributed by atoms with E-state index in [0.717, 1.165) is 11.1 Å². The molecular weight excluding hydrogens is 332 g/mol. The Bertz CT molecular complexity index is 923. The Morgan fingerprint density at radius 1 is 1.28 bits per heavy atom. The van der Waals surface area contributed by atoms with Crippen LogP contribution in [0.1, 0.15) is 29.5 Å². The van der Waals surface area contributed by atoms with Crippen molar-refractivity contribution in [3.63, 3.8) is 0 Å². The van der Waals surface area contributed by atoms with Crippen LogP contribution >= 0.6 is 11.3 Å². The summed E-state index contributed by atoms with van der Waals surface area (Å²) in [5, 5.41) is 15.3. The van der Waals surface area contributed by atoms with Crippen molar-refractivity contribution < 1.29 is 9.90 Å². The van der Waals surface area contributed by atoms with Crippen LogP contribution in [-0.2, 0) is 11.2 Å². The molecule has 0 bridgehead atoms. The molecule has 1 heterocycles. The molecule has 5 heteroatoms. The number of fused-ring (bicyclic) bond motifs is 1. The highest BCUT2D eigenvalue weighted by molar-refractivity contribution is 7.13. The summed E-state index contributed by atoms with van der Waals surface area (Å²) < 4.78 is 0. The number of amides is 1. The summed E-state index contributed by atoms with van der Waals surface area (Å²) in [6, 6.07) is 15.4. The van der Waals surface area contributed by atoms with E-state index in [1.54, 1.807) is 18.3 Å². The summed E-state index contributed by atoms with van der Waals surface area (Å²) in [6.07, 6.45) is 2.33. The number of carbonyl (C=O) groups excluding carboxylic acids is 1. The van der Waals surface area contributed by atoms with Crippen LogP contribution in [0.3, 0.4) is 0 Å². The maximum Gasteiger partial charge on any atom is 0.233 e. The Morgan fingerprint density at radius 3 is 2.88 bits per heavy atom. The van der Waals surface area contributed by atoms with Crippen molar-refractivity contribution in [3.8, 4) is 5.75 Å². The average Bonchev–Trinajstić information content (AvgIpc) is 3.20. The molecule has 4 nitrogen and oxygen atoms in total. The zero-order valence-electron chi connectivity index (χ0n) is 13.8. The molecule has 0 unspecified atom stereocenters. The van der Waals surface area contributed by atoms with Crippen LogP contribution in [0.25, 0.3) is 0 Å². The van der Waals surface area contributed by atoms with Gasteiger partial charge in [-0.1, -0.05) is 36.4 Å². The van der Waals surface area contributed by atoms with Gasteiger partial charge >= 0.3 is 0 Å². The van der Waals surface area contributed by atoms with Gasteiger partial charge in [0.25, 0.3) is 0 Å². The van der Waals surface area contributed by atoms with Gasteiger partial charge in [-0.15, -0.1) is 11.3 Å². The molecule has 0 aliphatic heterocycles. The topological polar surface area (TPSA) is 62.2 Å². The molecule has 0 fully saturated rings. The van der Waals surface area contributed by atoms with Gasteiger partial charge in [0.05, 0.1) is 5.41 Å². The molecule has 0 saturated heterocycles. The van der Waals surface area contributed by atoms with E-state index in [2.05, 4.69) is 22.4 Å². The van der Waals surface area contributed by atoms with Gasteiger partial charge in [0.1, 0.15) is 5.75 Å². The second-order valence-electron chi connectivity index (χ2n) is 6.61. The quantitative estimate of drug-likeness (QED) is 0.745. The minimum Gasteiger partial charge on any atom is -0.508 e. The van der Waals surface area contributed by atoms with E-state index in [4.69, 9.17) is 0 Å². The number of aromatic hydroxyl groups is 1. The SMILES string of the molecule is C[C@@]1(C(=O)Nc2nccs2)Cc2ccccc2[C@@H]1c1cccc(O)c1. The van der Waals surface area contributed by atoms with E-state index in [9.17, 15) is 9.90 Å². The second kappa shape index (κ2) is 6.01.